The van der Waals surface area contributed by atoms with E-state index in [1.54, 1.807) is 55.7 Å². The predicted octanol–water partition coefficient (Wildman–Crippen LogP) is 3.07. The van der Waals surface area contributed by atoms with Crippen molar-refractivity contribution in [3.63, 3.8) is 0 Å². The van der Waals surface area contributed by atoms with Crippen LogP contribution in [0.3, 0.4) is 0 Å². The van der Waals surface area contributed by atoms with Gasteiger partial charge in [0.2, 0.25) is 5.62 Å². The van der Waals surface area contributed by atoms with Crippen LogP contribution in [0.25, 0.3) is 0 Å². The van der Waals surface area contributed by atoms with Gasteiger partial charge < -0.3 is 9.47 Å². The minimum Gasteiger partial charge on any atom is -0.466 e. The van der Waals surface area contributed by atoms with Gasteiger partial charge in [0.15, 0.2) is 0 Å². The summed E-state index contributed by atoms with van der Waals surface area (Å²) < 4.78 is 13.1. The van der Waals surface area contributed by atoms with E-state index in [0.717, 1.165) is 15.7 Å². The molecule has 37 heavy (non-hydrogen) atoms. The van der Waals surface area contributed by atoms with Gasteiger partial charge >= 0.3 is 17.3 Å². The topological polar surface area (TPSA) is 121 Å². The van der Waals surface area contributed by atoms with Crippen LogP contribution in [-0.2, 0) is 22.6 Å². The summed E-state index contributed by atoms with van der Waals surface area (Å²) in [6.07, 6.45) is 3.17. The molecule has 4 aromatic rings. The molecule has 0 unspecified atom stereocenters. The lowest BCUT2D eigenvalue weighted by Gasteiger charge is -2.11. The number of ether oxygens (including phenoxy) is 2. The van der Waals surface area contributed by atoms with Crippen molar-refractivity contribution in [3.8, 4) is 11.5 Å². The average Bonchev–Trinajstić information content (AvgIpc) is 2.89. The summed E-state index contributed by atoms with van der Waals surface area (Å²) in [5.74, 6) is 0.758. The minimum atomic E-state index is -0.661. The summed E-state index contributed by atoms with van der Waals surface area (Å²) in [6, 6.07) is 18.1. The van der Waals surface area contributed by atoms with Crippen LogP contribution in [-0.4, -0.2) is 31.7 Å². The minimum absolute atomic E-state index is 0.0887. The number of aromatic amines is 1. The quantitative estimate of drug-likeness (QED) is 0.352. The van der Waals surface area contributed by atoms with Crippen molar-refractivity contribution in [3.05, 3.63) is 111 Å². The highest BCUT2D eigenvalue weighted by Gasteiger charge is 2.12. The largest absolute Gasteiger partial charge is 0.466 e. The number of carbonyl (C=O) groups is 1. The maximum absolute atomic E-state index is 13.4. The van der Waals surface area contributed by atoms with E-state index in [1.807, 2.05) is 31.2 Å². The molecular weight excluding hydrogens is 474 g/mol. The van der Waals surface area contributed by atoms with Crippen molar-refractivity contribution in [2.45, 2.75) is 33.4 Å². The van der Waals surface area contributed by atoms with Crippen LogP contribution in [0, 0.1) is 6.92 Å². The second-order valence-electron chi connectivity index (χ2n) is 8.21. The highest BCUT2D eigenvalue weighted by atomic mass is 16.5. The molecule has 0 amide bonds. The Labute approximate surface area is 212 Å². The zero-order chi connectivity index (χ0) is 26.2. The number of nitrogens with one attached hydrogen (secondary N) is 1. The number of rotatable bonds is 9. The van der Waals surface area contributed by atoms with E-state index in [2.05, 4.69) is 15.0 Å². The zero-order valence-corrected chi connectivity index (χ0v) is 20.6. The second-order valence-corrected chi connectivity index (χ2v) is 8.21. The molecule has 190 valence electrons. The molecule has 0 aliphatic carbocycles. The summed E-state index contributed by atoms with van der Waals surface area (Å²) in [6.45, 7) is 3.96. The van der Waals surface area contributed by atoms with E-state index in [1.165, 1.54) is 4.57 Å². The van der Waals surface area contributed by atoms with Crippen molar-refractivity contribution in [1.29, 1.82) is 0 Å². The third kappa shape index (κ3) is 6.69. The number of carbonyl (C=O) groups excluding carboxylic acids is 1. The molecule has 0 aliphatic heterocycles. The molecule has 0 aliphatic rings. The van der Waals surface area contributed by atoms with E-state index in [-0.39, 0.29) is 31.7 Å². The normalized spacial score (nSPS) is 11.4. The van der Waals surface area contributed by atoms with Gasteiger partial charge in [0.25, 0.3) is 0 Å². The first-order valence-electron chi connectivity index (χ1n) is 11.8. The van der Waals surface area contributed by atoms with E-state index in [0.29, 0.717) is 17.2 Å². The highest BCUT2D eigenvalue weighted by Crippen LogP contribution is 2.23. The van der Waals surface area contributed by atoms with Crippen LogP contribution in [0.5, 0.6) is 11.5 Å². The highest BCUT2D eigenvalue weighted by molar-refractivity contribution is 5.69. The van der Waals surface area contributed by atoms with E-state index < -0.39 is 17.3 Å². The molecule has 2 aromatic carbocycles. The predicted molar refractivity (Wildman–Crippen MR) is 137 cm³/mol. The molecule has 0 radical (unpaired) electrons. The number of hydrogen-bond acceptors (Lipinski definition) is 7. The molecular formula is C27H27N5O5. The Balaban J connectivity index is 1.70. The molecule has 0 spiro atoms. The maximum atomic E-state index is 13.4. The Bertz CT molecular complexity index is 1540. The number of H-pyrrole nitrogens is 1. The van der Waals surface area contributed by atoms with Gasteiger partial charge in [0.05, 0.1) is 25.3 Å². The molecule has 0 atom stereocenters. The van der Waals surface area contributed by atoms with Gasteiger partial charge in [0.1, 0.15) is 11.5 Å². The van der Waals surface area contributed by atoms with Crippen LogP contribution in [0.4, 0.5) is 5.69 Å². The molecule has 10 heteroatoms. The van der Waals surface area contributed by atoms with Crippen molar-refractivity contribution in [2.75, 3.05) is 6.61 Å². The molecule has 0 saturated carbocycles. The van der Waals surface area contributed by atoms with Gasteiger partial charge in [-0.3, -0.25) is 19.3 Å². The zero-order valence-electron chi connectivity index (χ0n) is 20.6. The second kappa shape index (κ2) is 11.8. The van der Waals surface area contributed by atoms with Gasteiger partial charge in [-0.2, -0.15) is 0 Å². The molecule has 2 aromatic heterocycles. The number of nitrogens with zero attached hydrogens (tertiary/aromatic N) is 4. The SMILES string of the molecule is CCOC(=O)CCn1c(=O)[nH]/c(=N\c2ccc(Oc3ccncc3)cc2)n(Cc2ccc(C)cc2)c1=O. The van der Waals surface area contributed by atoms with Gasteiger partial charge in [-0.25, -0.2) is 19.1 Å². The average molecular weight is 502 g/mol. The Morgan fingerprint density at radius 3 is 2.30 bits per heavy atom. The van der Waals surface area contributed by atoms with Crippen molar-refractivity contribution < 1.29 is 14.3 Å². The van der Waals surface area contributed by atoms with E-state index >= 15 is 0 Å². The summed E-state index contributed by atoms with van der Waals surface area (Å²) in [5.41, 5.74) is 1.30. The smallest absolute Gasteiger partial charge is 0.335 e. The van der Waals surface area contributed by atoms with Crippen LogP contribution in [0.1, 0.15) is 24.5 Å². The lowest BCUT2D eigenvalue weighted by molar-refractivity contribution is -0.143. The van der Waals surface area contributed by atoms with Crippen LogP contribution in [0.2, 0.25) is 0 Å². The first-order valence-corrected chi connectivity index (χ1v) is 11.8. The van der Waals surface area contributed by atoms with Crippen molar-refractivity contribution in [1.82, 2.24) is 19.1 Å². The van der Waals surface area contributed by atoms with Gasteiger partial charge in [-0.1, -0.05) is 29.8 Å². The maximum Gasteiger partial charge on any atom is 0.335 e. The molecule has 2 heterocycles. The Hall–Kier alpha value is -4.73. The van der Waals surface area contributed by atoms with E-state index in [9.17, 15) is 14.4 Å². The number of pyridine rings is 1. The first kappa shape index (κ1) is 25.4. The van der Waals surface area contributed by atoms with Crippen LogP contribution < -0.4 is 21.7 Å². The lowest BCUT2D eigenvalue weighted by Crippen LogP contribution is -2.50. The molecule has 0 bridgehead atoms. The van der Waals surface area contributed by atoms with Gasteiger partial charge in [0, 0.05) is 18.9 Å². The Morgan fingerprint density at radius 1 is 0.946 bits per heavy atom. The van der Waals surface area contributed by atoms with Crippen molar-refractivity contribution >= 4 is 11.7 Å². The van der Waals surface area contributed by atoms with Crippen LogP contribution >= 0.6 is 0 Å². The Morgan fingerprint density at radius 2 is 1.62 bits per heavy atom. The van der Waals surface area contributed by atoms with Gasteiger partial charge in [-0.15, -0.1) is 0 Å². The summed E-state index contributed by atoms with van der Waals surface area (Å²) >= 11 is 0. The van der Waals surface area contributed by atoms with Crippen LogP contribution in [0.15, 0.2) is 87.6 Å². The fraction of sp³-hybridized carbons (Fsp3) is 0.222. The molecule has 0 fully saturated rings. The molecule has 0 saturated heterocycles. The molecule has 1 N–H and O–H groups in total. The fourth-order valence-corrected chi connectivity index (χ4v) is 3.55. The third-order valence-corrected chi connectivity index (χ3v) is 5.44. The number of aryl methyl sites for hydroxylation is 1. The first-order chi connectivity index (χ1) is 17.9. The monoisotopic (exact) mass is 501 g/mol. The van der Waals surface area contributed by atoms with E-state index in [4.69, 9.17) is 9.47 Å². The lowest BCUT2D eigenvalue weighted by atomic mass is 10.1. The fourth-order valence-electron chi connectivity index (χ4n) is 3.55. The summed E-state index contributed by atoms with van der Waals surface area (Å²) in [4.78, 5) is 49.1. The Kier molecular flexibility index (Phi) is 8.09. The summed E-state index contributed by atoms with van der Waals surface area (Å²) in [5, 5.41) is 0. The number of benzene rings is 2. The van der Waals surface area contributed by atoms with Crippen molar-refractivity contribution in [2.24, 2.45) is 4.99 Å². The standard InChI is InChI=1S/C27H27N5O5/c1-3-36-24(33)14-17-31-26(34)30-25(32(27(31)35)18-20-6-4-19(2)5-7-20)29-21-8-10-22(11-9-21)37-23-12-15-28-16-13-23/h4-13,15-16H,3,14,17-18H2,1-2H3,(H,29,30,34). The van der Waals surface area contributed by atoms with Gasteiger partial charge in [-0.05, 0) is 55.8 Å². The molecule has 10 nitrogen and oxygen atoms in total. The summed E-state index contributed by atoms with van der Waals surface area (Å²) in [7, 11) is 0. The number of aromatic nitrogens is 4. The molecule has 4 rings (SSSR count). The number of hydrogen-bond donors (Lipinski definition) is 1. The number of esters is 1. The third-order valence-electron chi connectivity index (χ3n) is 5.44.